The zero-order valence-corrected chi connectivity index (χ0v) is 15.7. The highest BCUT2D eigenvalue weighted by Gasteiger charge is 2.31. The molecule has 0 spiro atoms. The van der Waals surface area contributed by atoms with Crippen LogP contribution in [0.1, 0.15) is 38.2 Å². The summed E-state index contributed by atoms with van der Waals surface area (Å²) in [6.45, 7) is 3.15. The van der Waals surface area contributed by atoms with Gasteiger partial charge in [-0.3, -0.25) is 14.5 Å². The standard InChI is InChI=1S/C18H21NO4S2/c1-2-3-11-23-14-8-6-13(7-9-14)12-15-17(22)19(18(24)25-15)10-4-5-16(20)21/h6-9,12H,2-5,10-11H2,1H3,(H,20,21)/b15-12-. The number of benzene rings is 1. The smallest absolute Gasteiger partial charge is 0.303 e. The molecule has 1 N–H and O–H groups in total. The summed E-state index contributed by atoms with van der Waals surface area (Å²) in [5.74, 6) is -0.224. The molecule has 1 fully saturated rings. The molecule has 1 amide bonds. The van der Waals surface area contributed by atoms with Crippen molar-refractivity contribution in [1.29, 1.82) is 0 Å². The van der Waals surface area contributed by atoms with Crippen LogP contribution in [-0.4, -0.2) is 39.4 Å². The van der Waals surface area contributed by atoms with Crippen molar-refractivity contribution in [3.8, 4) is 5.75 Å². The van der Waals surface area contributed by atoms with E-state index in [0.29, 0.717) is 28.8 Å². The predicted molar refractivity (Wildman–Crippen MR) is 104 cm³/mol. The Morgan fingerprint density at radius 2 is 2.04 bits per heavy atom. The van der Waals surface area contributed by atoms with Crippen LogP contribution in [0.4, 0.5) is 0 Å². The molecule has 0 bridgehead atoms. The molecule has 1 aromatic rings. The molecule has 1 saturated heterocycles. The number of hydrogen-bond acceptors (Lipinski definition) is 5. The Bertz CT molecular complexity index is 670. The van der Waals surface area contributed by atoms with E-state index in [-0.39, 0.29) is 12.3 Å². The Morgan fingerprint density at radius 1 is 1.32 bits per heavy atom. The third kappa shape index (κ3) is 5.86. The van der Waals surface area contributed by atoms with E-state index in [1.807, 2.05) is 24.3 Å². The molecule has 0 aliphatic carbocycles. The summed E-state index contributed by atoms with van der Waals surface area (Å²) in [5.41, 5.74) is 0.897. The van der Waals surface area contributed by atoms with Gasteiger partial charge < -0.3 is 9.84 Å². The van der Waals surface area contributed by atoms with Gasteiger partial charge in [0.1, 0.15) is 10.1 Å². The van der Waals surface area contributed by atoms with Crippen molar-refractivity contribution >= 4 is 46.3 Å². The minimum absolute atomic E-state index is 0.0234. The molecule has 0 saturated carbocycles. The first-order valence-corrected chi connectivity index (χ1v) is 9.43. The first-order chi connectivity index (χ1) is 12.0. The highest BCUT2D eigenvalue weighted by Crippen LogP contribution is 2.32. The van der Waals surface area contributed by atoms with Crippen molar-refractivity contribution < 1.29 is 19.4 Å². The predicted octanol–water partition coefficient (Wildman–Crippen LogP) is 3.93. The number of carbonyl (C=O) groups is 2. The van der Waals surface area contributed by atoms with Crippen molar-refractivity contribution in [3.05, 3.63) is 34.7 Å². The highest BCUT2D eigenvalue weighted by molar-refractivity contribution is 8.26. The van der Waals surface area contributed by atoms with Gasteiger partial charge in [-0.1, -0.05) is 49.5 Å². The number of hydrogen-bond donors (Lipinski definition) is 1. The number of aliphatic carboxylic acids is 1. The van der Waals surface area contributed by atoms with E-state index in [2.05, 4.69) is 6.92 Å². The summed E-state index contributed by atoms with van der Waals surface area (Å²) in [6.07, 6.45) is 4.32. The van der Waals surface area contributed by atoms with E-state index in [1.54, 1.807) is 6.08 Å². The lowest BCUT2D eigenvalue weighted by Crippen LogP contribution is -2.29. The second-order valence-corrected chi connectivity index (χ2v) is 7.28. The van der Waals surface area contributed by atoms with Crippen molar-refractivity contribution in [2.45, 2.75) is 32.6 Å². The molecular weight excluding hydrogens is 358 g/mol. The van der Waals surface area contributed by atoms with E-state index >= 15 is 0 Å². The molecule has 2 rings (SSSR count). The molecular formula is C18H21NO4S2. The van der Waals surface area contributed by atoms with Crippen LogP contribution >= 0.6 is 24.0 Å². The fourth-order valence-electron chi connectivity index (χ4n) is 2.23. The number of ether oxygens (including phenoxy) is 1. The number of carboxylic acids is 1. The molecule has 1 aromatic carbocycles. The zero-order valence-electron chi connectivity index (χ0n) is 14.1. The molecule has 1 aliphatic heterocycles. The van der Waals surface area contributed by atoms with Gasteiger partial charge in [0.2, 0.25) is 0 Å². The maximum absolute atomic E-state index is 12.4. The Balaban J connectivity index is 1.97. The number of thiocarbonyl (C=S) groups is 1. The largest absolute Gasteiger partial charge is 0.494 e. The van der Waals surface area contributed by atoms with E-state index in [4.69, 9.17) is 22.1 Å². The van der Waals surface area contributed by atoms with Gasteiger partial charge in [-0.25, -0.2) is 0 Å². The average Bonchev–Trinajstić information content (AvgIpc) is 2.84. The molecule has 0 unspecified atom stereocenters. The highest BCUT2D eigenvalue weighted by atomic mass is 32.2. The number of rotatable bonds is 9. The molecule has 5 nitrogen and oxygen atoms in total. The first-order valence-electron chi connectivity index (χ1n) is 8.21. The summed E-state index contributed by atoms with van der Waals surface area (Å²) in [6, 6.07) is 7.57. The minimum atomic E-state index is -0.873. The molecule has 25 heavy (non-hydrogen) atoms. The number of thioether (sulfide) groups is 1. The van der Waals surface area contributed by atoms with Crippen molar-refractivity contribution in [2.24, 2.45) is 0 Å². The normalized spacial score (nSPS) is 15.9. The molecule has 0 atom stereocenters. The quantitative estimate of drug-likeness (QED) is 0.398. The molecule has 0 aromatic heterocycles. The van der Waals surface area contributed by atoms with Crippen LogP contribution < -0.4 is 4.74 Å². The first kappa shape index (κ1) is 19.5. The minimum Gasteiger partial charge on any atom is -0.494 e. The zero-order chi connectivity index (χ0) is 18.2. The average molecular weight is 380 g/mol. The van der Waals surface area contributed by atoms with E-state index < -0.39 is 5.97 Å². The monoisotopic (exact) mass is 379 g/mol. The SMILES string of the molecule is CCCCOc1ccc(/C=C2\SC(=S)N(CCCC(=O)O)C2=O)cc1. The van der Waals surface area contributed by atoms with Gasteiger partial charge in [-0.05, 0) is 36.6 Å². The Labute approximate surface area is 157 Å². The van der Waals surface area contributed by atoms with Gasteiger partial charge in [-0.15, -0.1) is 0 Å². The lowest BCUT2D eigenvalue weighted by atomic mass is 10.2. The van der Waals surface area contributed by atoms with Gasteiger partial charge in [0, 0.05) is 13.0 Å². The Morgan fingerprint density at radius 3 is 2.68 bits per heavy atom. The lowest BCUT2D eigenvalue weighted by Gasteiger charge is -2.13. The maximum atomic E-state index is 12.4. The van der Waals surface area contributed by atoms with E-state index in [0.717, 1.165) is 24.2 Å². The Kier molecular flexibility index (Phi) is 7.46. The summed E-state index contributed by atoms with van der Waals surface area (Å²) < 4.78 is 6.09. The summed E-state index contributed by atoms with van der Waals surface area (Å²) in [7, 11) is 0. The van der Waals surface area contributed by atoms with Crippen LogP contribution in [0.5, 0.6) is 5.75 Å². The summed E-state index contributed by atoms with van der Waals surface area (Å²) in [5, 5.41) is 8.69. The number of carboxylic acid groups (broad SMARTS) is 1. The fourth-order valence-corrected chi connectivity index (χ4v) is 3.54. The molecule has 7 heteroatoms. The Hall–Kier alpha value is -1.86. The van der Waals surface area contributed by atoms with Crippen LogP contribution in [0.3, 0.4) is 0 Å². The van der Waals surface area contributed by atoms with Crippen molar-refractivity contribution in [1.82, 2.24) is 4.90 Å². The van der Waals surface area contributed by atoms with Crippen molar-refractivity contribution in [2.75, 3.05) is 13.2 Å². The van der Waals surface area contributed by atoms with Crippen LogP contribution in [0.2, 0.25) is 0 Å². The number of amides is 1. The van der Waals surface area contributed by atoms with Crippen LogP contribution in [0.15, 0.2) is 29.2 Å². The maximum Gasteiger partial charge on any atom is 0.303 e. The second-order valence-electron chi connectivity index (χ2n) is 5.60. The number of nitrogens with zero attached hydrogens (tertiary/aromatic N) is 1. The lowest BCUT2D eigenvalue weighted by molar-refractivity contribution is -0.137. The van der Waals surface area contributed by atoms with Crippen LogP contribution in [0, 0.1) is 0 Å². The van der Waals surface area contributed by atoms with E-state index in [1.165, 1.54) is 16.7 Å². The molecule has 0 radical (unpaired) electrons. The summed E-state index contributed by atoms with van der Waals surface area (Å²) >= 11 is 6.48. The van der Waals surface area contributed by atoms with Gasteiger partial charge in [0.25, 0.3) is 5.91 Å². The topological polar surface area (TPSA) is 66.8 Å². The number of carbonyl (C=O) groups excluding carboxylic acids is 1. The van der Waals surface area contributed by atoms with Crippen LogP contribution in [0.25, 0.3) is 6.08 Å². The van der Waals surface area contributed by atoms with Crippen molar-refractivity contribution in [3.63, 3.8) is 0 Å². The van der Waals surface area contributed by atoms with Gasteiger partial charge in [0.05, 0.1) is 11.5 Å². The molecule has 1 aliphatic rings. The van der Waals surface area contributed by atoms with Gasteiger partial charge in [-0.2, -0.15) is 0 Å². The third-order valence-electron chi connectivity index (χ3n) is 3.59. The van der Waals surface area contributed by atoms with Gasteiger partial charge in [0.15, 0.2) is 0 Å². The van der Waals surface area contributed by atoms with E-state index in [9.17, 15) is 9.59 Å². The van der Waals surface area contributed by atoms with Crippen LogP contribution in [-0.2, 0) is 9.59 Å². The second kappa shape index (κ2) is 9.58. The molecule has 134 valence electrons. The fraction of sp³-hybridized carbons (Fsp3) is 0.389. The number of unbranched alkanes of at least 4 members (excludes halogenated alkanes) is 1. The third-order valence-corrected chi connectivity index (χ3v) is 4.97. The van der Waals surface area contributed by atoms with Gasteiger partial charge >= 0.3 is 5.97 Å². The summed E-state index contributed by atoms with van der Waals surface area (Å²) in [4.78, 5) is 25.0. The molecule has 1 heterocycles.